The van der Waals surface area contributed by atoms with E-state index in [-0.39, 0.29) is 17.1 Å². The number of aromatic nitrogens is 4. The Bertz CT molecular complexity index is 1270. The van der Waals surface area contributed by atoms with E-state index in [1.807, 2.05) is 48.7 Å². The van der Waals surface area contributed by atoms with Crippen molar-refractivity contribution in [1.82, 2.24) is 20.0 Å². The zero-order valence-corrected chi connectivity index (χ0v) is 22.7. The van der Waals surface area contributed by atoms with Gasteiger partial charge in [-0.25, -0.2) is 17.8 Å². The molecule has 213 valence electrons. The third-order valence-corrected chi connectivity index (χ3v) is 3.81. The van der Waals surface area contributed by atoms with E-state index in [0.717, 1.165) is 30.9 Å². The van der Waals surface area contributed by atoms with Crippen LogP contribution >= 0.6 is 0 Å². The maximum absolute atomic E-state index is 9.00. The Labute approximate surface area is 243 Å². The number of H-pyrrole nitrogens is 1. The Morgan fingerprint density at radius 1 is 0.875 bits per heavy atom. The van der Waals surface area contributed by atoms with Gasteiger partial charge in [0.2, 0.25) is 0 Å². The normalized spacial score (nSPS) is 8.35. The molecule has 0 spiro atoms. The molecule has 0 saturated carbocycles. The first-order valence-electron chi connectivity index (χ1n) is 11.1. The Morgan fingerprint density at radius 2 is 1.38 bits per heavy atom. The van der Waals surface area contributed by atoms with E-state index < -0.39 is 19.1 Å². The Kier molecular flexibility index (Phi) is 21.9. The number of hydrogen-bond acceptors (Lipinski definition) is 6. The molecule has 40 heavy (non-hydrogen) atoms. The molecular weight excluding hydrogens is 567 g/mol. The van der Waals surface area contributed by atoms with Crippen molar-refractivity contribution in [2.75, 3.05) is 0 Å². The van der Waals surface area contributed by atoms with Gasteiger partial charge < -0.3 is 30.0 Å². The van der Waals surface area contributed by atoms with Crippen molar-refractivity contribution in [3.05, 3.63) is 119 Å². The Hall–Kier alpha value is -4.72. The number of nitrogens with one attached hydrogen (secondary N) is 1. The van der Waals surface area contributed by atoms with Gasteiger partial charge >= 0.3 is 7.12 Å². The largest absolute Gasteiger partial charge is 0.488 e. The van der Waals surface area contributed by atoms with Gasteiger partial charge in [-0.15, -0.1) is 0 Å². The zero-order valence-electron chi connectivity index (χ0n) is 21.7. The molecule has 12 nitrogen and oxygen atoms in total. The second-order valence-electron chi connectivity index (χ2n) is 7.12. The monoisotopic (exact) mass is 595 g/mol. The molecule has 0 amide bonds. The number of benzene rings is 2. The minimum Gasteiger partial charge on any atom is -0.481 e. The number of aliphatic carboxylic acids is 2. The minimum absolute atomic E-state index is 0. The second-order valence-corrected chi connectivity index (χ2v) is 7.12. The number of rotatable bonds is 4. The third-order valence-electron chi connectivity index (χ3n) is 3.81. The summed E-state index contributed by atoms with van der Waals surface area (Å²) in [6.07, 6.45) is 3.51. The maximum Gasteiger partial charge on any atom is 0.488 e. The number of carboxylic acids is 2. The van der Waals surface area contributed by atoms with Crippen LogP contribution in [0.4, 0.5) is 0 Å². The van der Waals surface area contributed by atoms with Crippen LogP contribution in [-0.2, 0) is 39.7 Å². The number of para-hydroxylation sites is 1. The molecule has 4 rings (SSSR count). The average Bonchev–Trinajstić information content (AvgIpc) is 3.58. The predicted molar refractivity (Wildman–Crippen MR) is 146 cm³/mol. The molecule has 0 bridgehead atoms. The van der Waals surface area contributed by atoms with Gasteiger partial charge in [0.15, 0.2) is 0 Å². The fourth-order valence-electron chi connectivity index (χ4n) is 2.33. The molecule has 5 N–H and O–H groups in total. The molecule has 1 radical (unpaired) electrons. The van der Waals surface area contributed by atoms with Gasteiger partial charge in [0.05, 0.1) is 5.69 Å². The van der Waals surface area contributed by atoms with Gasteiger partial charge in [-0.05, 0) is 29.7 Å². The number of aromatic amines is 1. The van der Waals surface area contributed by atoms with Crippen LogP contribution in [0.3, 0.4) is 0 Å². The summed E-state index contributed by atoms with van der Waals surface area (Å²) in [6, 6.07) is 22.2. The predicted octanol–water partition coefficient (Wildman–Crippen LogP) is 2.67. The molecule has 0 atom stereocenters. The van der Waals surface area contributed by atoms with Crippen LogP contribution in [0, 0.1) is 13.1 Å². The van der Waals surface area contributed by atoms with Gasteiger partial charge in [0.25, 0.3) is 25.0 Å². The van der Waals surface area contributed by atoms with Crippen LogP contribution in [0.1, 0.15) is 25.2 Å². The molecule has 14 heteroatoms. The standard InChI is InChI=1S/C11H9N3.C6H7BO2.C5H5N3.2C2H4O2.Cu/c1-12-9-10-7-8-14(13-10)11-5-3-2-4-6-11;8-7(9)6-4-2-1-3-5-6;1-6-4-5-2-3-7-8-5;2*1-2(3)4;/h2-8H,9H2;1-5,8-9H;2-3H,4H2,(H,7,8);2*1H3,(H,3,4);. The van der Waals surface area contributed by atoms with Crippen molar-refractivity contribution in [3.63, 3.8) is 0 Å². The molecule has 2 aromatic heterocycles. The van der Waals surface area contributed by atoms with Gasteiger partial charge in [0.1, 0.15) is 11.4 Å². The molecule has 4 aromatic rings. The number of carboxylic acid groups (broad SMARTS) is 2. The molecule has 0 unspecified atom stereocenters. The SMILES string of the molecule is CC(=O)O.CC(=O)O.OB(O)c1ccccc1.[C-]#[N+]Cc1ccn(-c2ccccc2)n1.[C-]#[N+]Cc1ccn[nH]1.[Cu]. The van der Waals surface area contributed by atoms with Crippen LogP contribution < -0.4 is 5.46 Å². The summed E-state index contributed by atoms with van der Waals surface area (Å²) in [6.45, 7) is 16.1. The van der Waals surface area contributed by atoms with Crippen LogP contribution in [0.25, 0.3) is 15.4 Å². The van der Waals surface area contributed by atoms with E-state index in [2.05, 4.69) is 25.0 Å². The molecule has 0 aliphatic heterocycles. The van der Waals surface area contributed by atoms with Crippen molar-refractivity contribution in [3.8, 4) is 5.69 Å². The van der Waals surface area contributed by atoms with Crippen molar-refractivity contribution >= 4 is 24.5 Å². The third kappa shape index (κ3) is 20.4. The second kappa shape index (κ2) is 23.4. The van der Waals surface area contributed by atoms with Crippen molar-refractivity contribution < 1.29 is 46.9 Å². The fraction of sp³-hybridized carbons (Fsp3) is 0.154. The summed E-state index contributed by atoms with van der Waals surface area (Å²) in [4.78, 5) is 24.4. The van der Waals surface area contributed by atoms with Crippen LogP contribution in [0.5, 0.6) is 0 Å². The van der Waals surface area contributed by atoms with Gasteiger partial charge in [-0.2, -0.15) is 10.2 Å². The van der Waals surface area contributed by atoms with E-state index in [9.17, 15) is 0 Å². The van der Waals surface area contributed by atoms with Crippen molar-refractivity contribution in [2.45, 2.75) is 26.9 Å². The minimum atomic E-state index is -1.34. The van der Waals surface area contributed by atoms with E-state index in [4.69, 9.17) is 43.0 Å². The van der Waals surface area contributed by atoms with Crippen LogP contribution in [0.15, 0.2) is 85.2 Å². The van der Waals surface area contributed by atoms with E-state index in [1.165, 1.54) is 0 Å². The first kappa shape index (κ1) is 37.4. The topological polar surface area (TPSA) is 170 Å². The molecule has 2 heterocycles. The molecule has 0 fully saturated rings. The van der Waals surface area contributed by atoms with Crippen LogP contribution in [0.2, 0.25) is 0 Å². The molecule has 0 saturated heterocycles. The first-order valence-corrected chi connectivity index (χ1v) is 11.1. The van der Waals surface area contributed by atoms with Crippen LogP contribution in [-0.4, -0.2) is 59.3 Å². The Morgan fingerprint density at radius 3 is 1.77 bits per heavy atom. The summed E-state index contributed by atoms with van der Waals surface area (Å²) in [7, 11) is -1.34. The summed E-state index contributed by atoms with van der Waals surface area (Å²) in [5.74, 6) is -1.67. The number of nitrogens with zero attached hydrogens (tertiary/aromatic N) is 5. The van der Waals surface area contributed by atoms with Crippen molar-refractivity contribution in [2.24, 2.45) is 0 Å². The van der Waals surface area contributed by atoms with E-state index in [1.54, 1.807) is 41.2 Å². The molecule has 2 aromatic carbocycles. The number of carbonyl (C=O) groups is 2. The molecule has 0 aliphatic carbocycles. The first-order chi connectivity index (χ1) is 18.6. The summed E-state index contributed by atoms with van der Waals surface area (Å²) in [5.41, 5.74) is 3.23. The molecule has 0 aliphatic rings. The number of hydrogen-bond donors (Lipinski definition) is 5. The summed E-state index contributed by atoms with van der Waals surface area (Å²) < 4.78 is 1.78. The zero-order chi connectivity index (χ0) is 29.5. The Balaban J connectivity index is 0. The maximum atomic E-state index is 9.00. The average molecular weight is 596 g/mol. The smallest absolute Gasteiger partial charge is 0.481 e. The summed E-state index contributed by atoms with van der Waals surface area (Å²) in [5, 5.41) is 42.6. The van der Waals surface area contributed by atoms with Crippen molar-refractivity contribution in [1.29, 1.82) is 0 Å². The van der Waals surface area contributed by atoms with Gasteiger partial charge in [0, 0.05) is 43.3 Å². The quantitative estimate of drug-likeness (QED) is 0.177. The fourth-order valence-corrected chi connectivity index (χ4v) is 2.33. The van der Waals surface area contributed by atoms with Gasteiger partial charge in [-0.3, -0.25) is 14.7 Å². The van der Waals surface area contributed by atoms with E-state index in [0.29, 0.717) is 18.6 Å². The molecular formula is C26H29BCuN6O6. The summed E-state index contributed by atoms with van der Waals surface area (Å²) >= 11 is 0. The van der Waals surface area contributed by atoms with Gasteiger partial charge in [-0.1, -0.05) is 48.5 Å². The van der Waals surface area contributed by atoms with E-state index >= 15 is 0 Å².